The summed E-state index contributed by atoms with van der Waals surface area (Å²) in [6, 6.07) is 28.9. The highest BCUT2D eigenvalue weighted by atomic mass is 19.0. The number of hydrogen-bond donors (Lipinski definition) is 7. The van der Waals surface area contributed by atoms with Crippen molar-refractivity contribution in [2.24, 2.45) is 0 Å². The van der Waals surface area contributed by atoms with E-state index in [0.717, 1.165) is 89.8 Å². The van der Waals surface area contributed by atoms with Gasteiger partial charge in [-0.15, -0.1) is 0 Å². The van der Waals surface area contributed by atoms with Crippen LogP contribution in [0.1, 0.15) is 130 Å². The number of benzene rings is 8. The normalized spacial score (nSPS) is 9.53. The molecule has 0 bridgehead atoms. The van der Waals surface area contributed by atoms with Gasteiger partial charge in [0.15, 0.2) is 5.43 Å². The fourth-order valence-electron chi connectivity index (χ4n) is 11.5. The van der Waals surface area contributed by atoms with E-state index in [-0.39, 0.29) is 86.5 Å². The number of nitrogens with one attached hydrogen (secondary N) is 4. The molecule has 37 heteroatoms. The number of amides is 2. The van der Waals surface area contributed by atoms with Gasteiger partial charge in [0.1, 0.15) is 45.9 Å². The van der Waals surface area contributed by atoms with Crippen molar-refractivity contribution in [1.82, 2.24) is 4.98 Å². The van der Waals surface area contributed by atoms with E-state index in [9.17, 15) is 79.1 Å². The monoisotopic (exact) mass is 1800 g/mol. The Balaban J connectivity index is -0.000000453. The van der Waals surface area contributed by atoms with Gasteiger partial charge in [-0.2, -0.15) is 0 Å². The summed E-state index contributed by atoms with van der Waals surface area (Å²) in [5, 5.41) is 60.3. The second-order valence-corrected chi connectivity index (χ2v) is 27.0. The number of carbonyl (C=O) groups is 6. The van der Waals surface area contributed by atoms with Gasteiger partial charge in [-0.3, -0.25) is 59.5 Å². The smallest absolute Gasteiger partial charge is 0.384 e. The molecule has 0 fully saturated rings. The molecule has 0 unspecified atom stereocenters. The maximum atomic E-state index is 12.1. The van der Waals surface area contributed by atoms with E-state index >= 15 is 0 Å². The van der Waals surface area contributed by atoms with Gasteiger partial charge in [-0.05, 0) is 191 Å². The number of methoxy groups -OCH3 is 9. The van der Waals surface area contributed by atoms with Gasteiger partial charge in [0.05, 0.1) is 112 Å². The molecular weight excluding hydrogens is 1670 g/mol. The number of halogens is 1. The number of esters is 4. The zero-order chi connectivity index (χ0) is 95.9. The number of aryl methyl sites for hydroxylation is 10. The lowest BCUT2D eigenvalue weighted by Gasteiger charge is -2.16. The van der Waals surface area contributed by atoms with E-state index in [1.165, 1.54) is 106 Å². The summed E-state index contributed by atoms with van der Waals surface area (Å²) in [4.78, 5) is 121. The molecule has 0 aliphatic carbocycles. The summed E-state index contributed by atoms with van der Waals surface area (Å²) in [5.74, 6) is 4.25. The maximum absolute atomic E-state index is 12.1. The lowest BCUT2D eigenvalue weighted by molar-refractivity contribution is -0.385. The lowest BCUT2D eigenvalue weighted by Crippen LogP contribution is -2.14. The summed E-state index contributed by atoms with van der Waals surface area (Å²) in [6.45, 7) is 35.7. The molecule has 129 heavy (non-hydrogen) atoms. The van der Waals surface area contributed by atoms with Crippen molar-refractivity contribution in [3.63, 3.8) is 0 Å². The van der Waals surface area contributed by atoms with Gasteiger partial charge >= 0.3 is 23.9 Å². The average molecular weight is 1800 g/mol. The van der Waals surface area contributed by atoms with Crippen LogP contribution in [0.15, 0.2) is 132 Å². The number of aromatic hydroxyl groups is 1. The van der Waals surface area contributed by atoms with Gasteiger partial charge in [0.2, 0.25) is 11.8 Å². The number of nitro benzene ring substituents is 4. The number of aromatic amines is 1. The number of pyridine rings is 1. The van der Waals surface area contributed by atoms with Crippen LogP contribution in [0.3, 0.4) is 0 Å². The number of phenolic OH excluding ortho intramolecular Hbond substituents is 1. The fraction of sp³-hybridized carbons (Fsp3) is 0.315. The highest BCUT2D eigenvalue weighted by molar-refractivity contribution is 5.98. The molecule has 0 atom stereocenters. The topological polar surface area (TPSA) is 499 Å². The van der Waals surface area contributed by atoms with Crippen LogP contribution >= 0.6 is 0 Å². The van der Waals surface area contributed by atoms with E-state index in [2.05, 4.69) is 41.7 Å². The molecule has 3 radical (unpaired) electrons. The number of anilines is 5. The third-order valence-electron chi connectivity index (χ3n) is 18.3. The fourth-order valence-corrected chi connectivity index (χ4v) is 11.5. The molecule has 9 N–H and O–H groups in total. The van der Waals surface area contributed by atoms with Crippen LogP contribution in [0, 0.1) is 163 Å². The number of carbonyl (C=O) groups excluding carboxylic acids is 6. The molecule has 0 spiro atoms. The largest absolute Gasteiger partial charge is 0.507 e. The van der Waals surface area contributed by atoms with Crippen molar-refractivity contribution >= 4 is 106 Å². The molecule has 0 saturated heterocycles. The molecule has 699 valence electrons. The Morgan fingerprint density at radius 1 is 0.450 bits per heavy atom. The molecule has 1 aromatic heterocycles. The molecule has 9 aromatic rings. The minimum absolute atomic E-state index is 0. The number of hydrogen-bond acceptors (Lipinski definition) is 28. The zero-order valence-corrected chi connectivity index (χ0v) is 76.3. The number of nitro groups is 4. The molecule has 35 nitrogen and oxygen atoms in total. The first-order chi connectivity index (χ1) is 58.5. The molecule has 2 amide bonds. The molecule has 8 aromatic carbocycles. The van der Waals surface area contributed by atoms with Crippen molar-refractivity contribution in [2.75, 3.05) is 91.4 Å². The minimum Gasteiger partial charge on any atom is -0.507 e. The Hall–Kier alpha value is -15.4. The average Bonchev–Trinajstić information content (AvgIpc) is 0.770. The second-order valence-electron chi connectivity index (χ2n) is 27.0. The lowest BCUT2D eigenvalue weighted by atomic mass is 10.0. The van der Waals surface area contributed by atoms with Gasteiger partial charge in [-0.25, -0.2) is 19.2 Å². The highest BCUT2D eigenvalue weighted by Crippen LogP contribution is 2.35. The van der Waals surface area contributed by atoms with Gasteiger partial charge in [0.25, 0.3) is 22.7 Å². The second kappa shape index (κ2) is 57.9. The van der Waals surface area contributed by atoms with Crippen molar-refractivity contribution < 1.29 is 102 Å². The van der Waals surface area contributed by atoms with Crippen molar-refractivity contribution in [3.8, 4) is 40.6 Å². The Morgan fingerprint density at radius 3 is 1.25 bits per heavy atom. The van der Waals surface area contributed by atoms with E-state index in [1.54, 1.807) is 80.2 Å². The van der Waals surface area contributed by atoms with Crippen LogP contribution in [0.5, 0.6) is 28.7 Å². The van der Waals surface area contributed by atoms with E-state index in [1.807, 2.05) is 124 Å². The van der Waals surface area contributed by atoms with E-state index in [4.69, 9.17) is 39.9 Å². The van der Waals surface area contributed by atoms with Crippen LogP contribution in [0.4, 0.5) is 55.9 Å². The molecule has 0 aliphatic rings. The standard InChI is InChI=1S/C16H21NO4.C14H15NO4.C10H12N2O3.C10H13NO.C9H11NO3.C9H13NO.C8H10N2O2.C8H9NO3.C6H6O4.2CH4.B.FH.H2/c1-10-7-8-13(12(3)15(10)20-5)17-14(16(18)21-6)9-11(2)19-4;1-7-5-9-11(16)6-10(14(17)19-4)15-12(9)8(2)13(7)18-3;1-6-4-5-9(12(14)15)7(2)10(6)11-8(3)13;1-7-5-4-6-8(2)10(7)11-9(3)12;1-6-4-5-8(10(11)12)7(2)9(6)13-3;1-6-4-5-8(10)7(2)9(6)11-3;1-5-3-4-7(10(11)12)6(2)8(5)9;1-5-3-4-7(9(11)12)6(2)8(5)10;1-9-5(7)3-4-6(8)10-2;;;;;/h7-9,17H,2H2,1,3-6H3;5-6H,1-4H3,(H,15,16);4-5H,1-3H3,(H,11,13);4-6H,1-3H3,(H,11,12);4-5H,1-3H3;4-5H,10H2,1-3H3;3-4H,9H2,1-2H3;3-4,10H,1-2H3;1-2H3;2*1H4;;2*1H/b14-9-;;;;;;;;;;;;;/i;;;;;;;;;;;;;1+1. The number of aromatic nitrogens is 1. The number of phenols is 1. The third-order valence-corrected chi connectivity index (χ3v) is 18.3. The zero-order valence-electron chi connectivity index (χ0n) is 76.3. The number of ether oxygens (including phenoxy) is 9. The third kappa shape index (κ3) is 36.0. The van der Waals surface area contributed by atoms with Crippen molar-refractivity contribution in [3.05, 3.63) is 273 Å². The quantitative estimate of drug-likeness (QED) is 0.00404. The number of rotatable bonds is 16. The Bertz CT molecular complexity index is 5540. The number of H-pyrrole nitrogens is 1. The molecule has 0 saturated carbocycles. The van der Waals surface area contributed by atoms with Gasteiger partial charge in [-0.1, -0.05) is 63.9 Å². The molecule has 0 aliphatic heterocycles. The van der Waals surface area contributed by atoms with Crippen LogP contribution in [0.2, 0.25) is 0 Å². The van der Waals surface area contributed by atoms with Crippen LogP contribution < -0.4 is 51.8 Å². The Kier molecular flexibility index (Phi) is 53.9. The number of allylic oxidation sites excluding steroid dienone is 1. The van der Waals surface area contributed by atoms with Gasteiger partial charge < -0.3 is 80.1 Å². The predicted octanol–water partition coefficient (Wildman–Crippen LogP) is 17.8. The number of nitrogens with zero attached hydrogens (tertiary/aromatic N) is 4. The summed E-state index contributed by atoms with van der Waals surface area (Å²) in [6.07, 6.45) is 1.48. The van der Waals surface area contributed by atoms with Crippen LogP contribution in [-0.4, -0.2) is 138 Å². The molecule has 1 heterocycles. The molecular formula is C92H121BFN10O25. The summed E-state index contributed by atoms with van der Waals surface area (Å²) in [7, 11) is 12.8. The highest BCUT2D eigenvalue weighted by Gasteiger charge is 2.21. The number of para-hydroxylation sites is 1. The summed E-state index contributed by atoms with van der Waals surface area (Å²) < 4.78 is 43.5. The first-order valence-corrected chi connectivity index (χ1v) is 37.4. The maximum Gasteiger partial charge on any atom is 0.384 e. The van der Waals surface area contributed by atoms with Crippen molar-refractivity contribution in [1.29, 1.82) is 0 Å². The van der Waals surface area contributed by atoms with Crippen LogP contribution in [-0.2, 0) is 47.7 Å². The Morgan fingerprint density at radius 2 is 0.829 bits per heavy atom. The number of nitrogen functional groups attached to an aromatic ring is 2. The summed E-state index contributed by atoms with van der Waals surface area (Å²) in [5.41, 5.74) is 28.8. The first kappa shape index (κ1) is 120. The SMILES string of the molecule is C.C.C=C(/C=C(\Nc1ccc(C)c(OC)c1C)C(=O)OC)OC.CC(=O)Nc1c(C)ccc([N+](=O)[O-])c1C.CC(=O)Nc1c(C)cccc1C.COC(=O)C#CC(=O)OC.COC(=O)c1cc(=O)c2cc(C)c(OC)c(C)c2[nH]1.COc1c(C)ccc(N)c1C.COc1c(C)ccc([N+](=O)[O-])c1C.Cc1ccc([N+](=O)[O-])c(C)c1N.Cc1ccc([N+](=O)[O-])c(C)c1O.F.[2HH].[B]. The minimum atomic E-state index is -0.759. The number of fused-ring (bicyclic) bond motifs is 1. The van der Waals surface area contributed by atoms with E-state index in [0.29, 0.717) is 67.4 Å². The summed E-state index contributed by atoms with van der Waals surface area (Å²) >= 11 is 0. The Labute approximate surface area is 754 Å². The molecule has 9 rings (SSSR count). The predicted molar refractivity (Wildman–Crippen MR) is 504 cm³/mol. The van der Waals surface area contributed by atoms with Crippen molar-refractivity contribution in [2.45, 2.75) is 139 Å². The van der Waals surface area contributed by atoms with Crippen LogP contribution in [0.25, 0.3) is 10.9 Å². The van der Waals surface area contributed by atoms with E-state index < -0.39 is 43.6 Å². The van der Waals surface area contributed by atoms with Gasteiger partial charge in [0, 0.05) is 122 Å². The number of nitrogens with two attached hydrogens (primary N) is 2. The first-order valence-electron chi connectivity index (χ1n) is 37.4.